The highest BCUT2D eigenvalue weighted by Gasteiger charge is 2.31. The topological polar surface area (TPSA) is 37.3 Å². The third kappa shape index (κ3) is 2.87. The number of allylic oxidation sites excluding steroid dienone is 2. The molecule has 0 saturated carbocycles. The van der Waals surface area contributed by atoms with Crippen molar-refractivity contribution in [2.45, 2.75) is 40.0 Å². The number of rotatable bonds is 2. The van der Waals surface area contributed by atoms with Crippen LogP contribution in [-0.4, -0.2) is 11.1 Å². The maximum atomic E-state index is 10.6. The van der Waals surface area contributed by atoms with Crippen LogP contribution in [0.3, 0.4) is 0 Å². The second-order valence-corrected chi connectivity index (χ2v) is 5.05. The van der Waals surface area contributed by atoms with E-state index in [1.165, 1.54) is 0 Å². The highest BCUT2D eigenvalue weighted by molar-refractivity contribution is 5.68. The highest BCUT2D eigenvalue weighted by atomic mass is 16.4. The van der Waals surface area contributed by atoms with Crippen molar-refractivity contribution in [3.63, 3.8) is 0 Å². The fourth-order valence-electron chi connectivity index (χ4n) is 1.69. The molecule has 74 valence electrons. The van der Waals surface area contributed by atoms with Crippen LogP contribution in [0.2, 0.25) is 0 Å². The molecule has 0 amide bonds. The number of hydrogen-bond donors (Lipinski definition) is 1. The molecule has 13 heavy (non-hydrogen) atoms. The zero-order valence-electron chi connectivity index (χ0n) is 8.63. The van der Waals surface area contributed by atoms with E-state index in [2.05, 4.69) is 26.0 Å². The minimum absolute atomic E-state index is 0.124. The van der Waals surface area contributed by atoms with E-state index in [9.17, 15) is 4.79 Å². The largest absolute Gasteiger partial charge is 0.481 e. The van der Waals surface area contributed by atoms with Crippen molar-refractivity contribution in [1.29, 1.82) is 0 Å². The van der Waals surface area contributed by atoms with E-state index in [1.54, 1.807) is 0 Å². The van der Waals surface area contributed by atoms with Crippen LogP contribution in [0, 0.1) is 10.8 Å². The molecule has 2 heteroatoms. The molecule has 1 atom stereocenters. The van der Waals surface area contributed by atoms with Crippen LogP contribution in [0.5, 0.6) is 0 Å². The Hall–Kier alpha value is -0.790. The van der Waals surface area contributed by atoms with Crippen LogP contribution in [0.25, 0.3) is 0 Å². The Morgan fingerprint density at radius 3 is 2.31 bits per heavy atom. The van der Waals surface area contributed by atoms with Gasteiger partial charge in [0.15, 0.2) is 0 Å². The monoisotopic (exact) mass is 182 g/mol. The molecule has 0 aromatic rings. The van der Waals surface area contributed by atoms with Gasteiger partial charge in [-0.1, -0.05) is 32.9 Å². The summed E-state index contributed by atoms with van der Waals surface area (Å²) in [5.74, 6) is -0.702. The molecule has 0 radical (unpaired) electrons. The van der Waals surface area contributed by atoms with Crippen LogP contribution in [0.4, 0.5) is 0 Å². The first-order valence-electron chi connectivity index (χ1n) is 4.75. The van der Waals surface area contributed by atoms with Crippen molar-refractivity contribution < 1.29 is 9.90 Å². The summed E-state index contributed by atoms with van der Waals surface area (Å²) in [6.07, 6.45) is 6.53. The molecular formula is C11H18O2. The van der Waals surface area contributed by atoms with E-state index in [4.69, 9.17) is 5.11 Å². The summed E-state index contributed by atoms with van der Waals surface area (Å²) < 4.78 is 0. The van der Waals surface area contributed by atoms with Crippen LogP contribution < -0.4 is 0 Å². The maximum Gasteiger partial charge on any atom is 0.304 e. The quantitative estimate of drug-likeness (QED) is 0.667. The first kappa shape index (κ1) is 10.3. The molecule has 0 aromatic heterocycles. The Labute approximate surface area is 79.6 Å². The van der Waals surface area contributed by atoms with Gasteiger partial charge in [-0.15, -0.1) is 0 Å². The van der Waals surface area contributed by atoms with Crippen LogP contribution in [0.15, 0.2) is 12.2 Å². The molecule has 0 heterocycles. The molecule has 1 rings (SSSR count). The lowest BCUT2D eigenvalue weighted by atomic mass is 9.70. The predicted molar refractivity (Wildman–Crippen MR) is 52.5 cm³/mol. The number of carboxylic acid groups (broad SMARTS) is 1. The molecule has 1 unspecified atom stereocenters. The Kier molecular flexibility index (Phi) is 2.51. The van der Waals surface area contributed by atoms with Gasteiger partial charge in [0.2, 0.25) is 0 Å². The lowest BCUT2D eigenvalue weighted by Crippen LogP contribution is -2.26. The summed E-state index contributed by atoms with van der Waals surface area (Å²) in [5, 5.41) is 8.73. The molecule has 0 spiro atoms. The molecule has 0 fully saturated rings. The smallest absolute Gasteiger partial charge is 0.304 e. The van der Waals surface area contributed by atoms with Gasteiger partial charge in [-0.25, -0.2) is 0 Å². The maximum absolute atomic E-state index is 10.6. The van der Waals surface area contributed by atoms with Crippen molar-refractivity contribution >= 4 is 5.97 Å². The molecular weight excluding hydrogens is 164 g/mol. The Bertz CT molecular complexity index is 240. The zero-order chi connectivity index (χ0) is 10.1. The summed E-state index contributed by atoms with van der Waals surface area (Å²) in [7, 11) is 0. The number of hydrogen-bond acceptors (Lipinski definition) is 1. The second kappa shape index (κ2) is 3.17. The highest BCUT2D eigenvalue weighted by Crippen LogP contribution is 2.41. The Morgan fingerprint density at radius 1 is 1.31 bits per heavy atom. The minimum Gasteiger partial charge on any atom is -0.481 e. The fourth-order valence-corrected chi connectivity index (χ4v) is 1.69. The standard InChI is InChI=1S/C11H18O2/c1-10(2)4-6-11(3,7-5-10)8-9(12)13/h4,6H,5,7-8H2,1-3H3,(H,12,13). The van der Waals surface area contributed by atoms with Gasteiger partial charge in [0, 0.05) is 0 Å². The van der Waals surface area contributed by atoms with Crippen LogP contribution in [-0.2, 0) is 4.79 Å². The zero-order valence-corrected chi connectivity index (χ0v) is 8.63. The van der Waals surface area contributed by atoms with Crippen molar-refractivity contribution in [2.24, 2.45) is 10.8 Å². The summed E-state index contributed by atoms with van der Waals surface area (Å²) >= 11 is 0. The van der Waals surface area contributed by atoms with Gasteiger partial charge in [0.1, 0.15) is 0 Å². The Morgan fingerprint density at radius 2 is 1.92 bits per heavy atom. The number of aliphatic carboxylic acids is 1. The van der Waals surface area contributed by atoms with Gasteiger partial charge in [-0.2, -0.15) is 0 Å². The van der Waals surface area contributed by atoms with E-state index >= 15 is 0 Å². The van der Waals surface area contributed by atoms with E-state index in [0.717, 1.165) is 12.8 Å². The molecule has 0 aliphatic heterocycles. The first-order valence-corrected chi connectivity index (χ1v) is 4.75. The molecule has 0 bridgehead atoms. The molecule has 1 N–H and O–H groups in total. The van der Waals surface area contributed by atoms with E-state index in [-0.39, 0.29) is 17.3 Å². The molecule has 1 aliphatic rings. The van der Waals surface area contributed by atoms with Crippen LogP contribution in [0.1, 0.15) is 40.0 Å². The third-order valence-electron chi connectivity index (χ3n) is 2.83. The van der Waals surface area contributed by atoms with Gasteiger partial charge in [0.05, 0.1) is 6.42 Å². The van der Waals surface area contributed by atoms with Gasteiger partial charge >= 0.3 is 5.97 Å². The molecule has 2 nitrogen and oxygen atoms in total. The number of carbonyl (C=O) groups is 1. The summed E-state index contributed by atoms with van der Waals surface area (Å²) in [4.78, 5) is 10.6. The lowest BCUT2D eigenvalue weighted by molar-refractivity contribution is -0.139. The van der Waals surface area contributed by atoms with E-state index in [0.29, 0.717) is 0 Å². The molecule has 1 aliphatic carbocycles. The van der Waals surface area contributed by atoms with E-state index < -0.39 is 5.97 Å². The Balaban J connectivity index is 2.70. The molecule has 0 aromatic carbocycles. The third-order valence-corrected chi connectivity index (χ3v) is 2.83. The van der Waals surface area contributed by atoms with E-state index in [1.807, 2.05) is 6.92 Å². The van der Waals surface area contributed by atoms with Gasteiger partial charge in [-0.05, 0) is 23.7 Å². The van der Waals surface area contributed by atoms with Crippen molar-refractivity contribution in [2.75, 3.05) is 0 Å². The average Bonchev–Trinajstić information content (AvgIpc) is 1.95. The van der Waals surface area contributed by atoms with Crippen LogP contribution >= 0.6 is 0 Å². The normalized spacial score (nSPS) is 31.6. The van der Waals surface area contributed by atoms with Gasteiger partial charge in [-0.3, -0.25) is 4.79 Å². The van der Waals surface area contributed by atoms with Crippen molar-refractivity contribution in [1.82, 2.24) is 0 Å². The fraction of sp³-hybridized carbons (Fsp3) is 0.727. The molecule has 0 saturated heterocycles. The summed E-state index contributed by atoms with van der Waals surface area (Å²) in [6, 6.07) is 0. The number of carboxylic acids is 1. The first-order chi connectivity index (χ1) is 5.83. The summed E-state index contributed by atoms with van der Waals surface area (Å²) in [6.45, 7) is 6.39. The SMILES string of the molecule is CC1(C)C=CC(C)(CC(=O)O)CC1. The van der Waals surface area contributed by atoms with Gasteiger partial charge < -0.3 is 5.11 Å². The van der Waals surface area contributed by atoms with Gasteiger partial charge in [0.25, 0.3) is 0 Å². The second-order valence-electron chi connectivity index (χ2n) is 5.05. The summed E-state index contributed by atoms with van der Waals surface area (Å²) in [5.41, 5.74) is 0.124. The van der Waals surface area contributed by atoms with Crippen molar-refractivity contribution in [3.8, 4) is 0 Å². The van der Waals surface area contributed by atoms with Crippen molar-refractivity contribution in [3.05, 3.63) is 12.2 Å². The average molecular weight is 182 g/mol. The minimum atomic E-state index is -0.702. The lowest BCUT2D eigenvalue weighted by Gasteiger charge is -2.34. The predicted octanol–water partition coefficient (Wildman–Crippen LogP) is 2.84.